The number of aromatic carboxylic acids is 2. The molecule has 0 saturated heterocycles. The Balaban J connectivity index is 1.86. The van der Waals surface area contributed by atoms with Crippen molar-refractivity contribution in [3.8, 4) is 22.8 Å². The minimum atomic E-state index is -1.11. The lowest BCUT2D eigenvalue weighted by molar-refractivity contribution is 0.0687. The van der Waals surface area contributed by atoms with Gasteiger partial charge in [0.25, 0.3) is 0 Å². The molecule has 0 aliphatic rings. The summed E-state index contributed by atoms with van der Waals surface area (Å²) in [5.74, 6) is -1.50. The first-order valence-electron chi connectivity index (χ1n) is 8.20. The number of halogens is 1. The van der Waals surface area contributed by atoms with Crippen molar-refractivity contribution in [2.24, 2.45) is 0 Å². The smallest absolute Gasteiger partial charge is 0.336 e. The topological polar surface area (TPSA) is 101 Å². The quantitative estimate of drug-likeness (QED) is 0.493. The van der Waals surface area contributed by atoms with E-state index in [0.717, 1.165) is 0 Å². The van der Waals surface area contributed by atoms with E-state index in [1.54, 1.807) is 48.5 Å². The molecule has 4 rings (SSSR count). The molecule has 0 amide bonds. The highest BCUT2D eigenvalue weighted by molar-refractivity contribution is 6.31. The number of carboxylic acid groups (broad SMARTS) is 2. The van der Waals surface area contributed by atoms with Crippen molar-refractivity contribution in [1.29, 1.82) is 0 Å². The second-order valence-corrected chi connectivity index (χ2v) is 6.47. The molecular formula is C21H12ClNO5. The van der Waals surface area contributed by atoms with Gasteiger partial charge in [-0.05, 0) is 42.5 Å². The molecule has 2 aromatic heterocycles. The van der Waals surface area contributed by atoms with Crippen LogP contribution >= 0.6 is 11.6 Å². The second-order valence-electron chi connectivity index (χ2n) is 6.04. The molecule has 2 heterocycles. The fourth-order valence-electron chi connectivity index (χ4n) is 3.01. The lowest BCUT2D eigenvalue weighted by Gasteiger charge is -2.06. The average Bonchev–Trinajstić information content (AvgIpc) is 3.17. The summed E-state index contributed by atoms with van der Waals surface area (Å²) >= 11 is 5.98. The molecule has 0 saturated carbocycles. The number of hydrogen-bond donors (Lipinski definition) is 2. The number of fused-ring (bicyclic) bond motifs is 1. The van der Waals surface area contributed by atoms with E-state index in [0.29, 0.717) is 38.7 Å². The summed E-state index contributed by atoms with van der Waals surface area (Å²) in [6.45, 7) is 0. The molecule has 2 N–H and O–H groups in total. The van der Waals surface area contributed by atoms with E-state index in [1.165, 1.54) is 12.1 Å². The molecule has 0 bridgehead atoms. The summed E-state index contributed by atoms with van der Waals surface area (Å²) in [7, 11) is 0. The number of carbonyl (C=O) groups is 2. The zero-order valence-corrected chi connectivity index (χ0v) is 15.0. The number of nitrogens with zero attached hydrogens (tertiary/aromatic N) is 1. The van der Waals surface area contributed by atoms with Crippen molar-refractivity contribution < 1.29 is 24.2 Å². The maximum atomic E-state index is 11.7. The highest BCUT2D eigenvalue weighted by Crippen LogP contribution is 2.32. The van der Waals surface area contributed by atoms with Crippen LogP contribution in [0.5, 0.6) is 0 Å². The van der Waals surface area contributed by atoms with Gasteiger partial charge in [0.1, 0.15) is 11.5 Å². The Bertz CT molecular complexity index is 1240. The van der Waals surface area contributed by atoms with Gasteiger partial charge in [-0.3, -0.25) is 0 Å². The van der Waals surface area contributed by atoms with Gasteiger partial charge in [-0.1, -0.05) is 29.8 Å². The number of hydrogen-bond acceptors (Lipinski definition) is 4. The fourth-order valence-corrected chi connectivity index (χ4v) is 3.18. The molecule has 4 aromatic rings. The Hall–Kier alpha value is -3.64. The molecule has 2 aromatic carbocycles. The highest BCUT2D eigenvalue weighted by Gasteiger charge is 2.18. The van der Waals surface area contributed by atoms with E-state index in [4.69, 9.17) is 16.0 Å². The number of benzene rings is 2. The average molecular weight is 394 g/mol. The van der Waals surface area contributed by atoms with Crippen molar-refractivity contribution >= 4 is 34.4 Å². The molecule has 0 unspecified atom stereocenters. The molecular weight excluding hydrogens is 382 g/mol. The molecule has 0 atom stereocenters. The molecule has 6 nitrogen and oxygen atoms in total. The molecule has 7 heteroatoms. The van der Waals surface area contributed by atoms with E-state index in [9.17, 15) is 19.8 Å². The van der Waals surface area contributed by atoms with Crippen LogP contribution in [0.3, 0.4) is 0 Å². The maximum absolute atomic E-state index is 11.7. The first-order chi connectivity index (χ1) is 13.4. The van der Waals surface area contributed by atoms with Crippen LogP contribution in [-0.2, 0) is 0 Å². The van der Waals surface area contributed by atoms with Crippen LogP contribution in [-0.4, -0.2) is 27.1 Å². The van der Waals surface area contributed by atoms with Gasteiger partial charge in [0.2, 0.25) is 0 Å². The van der Waals surface area contributed by atoms with Crippen molar-refractivity contribution in [2.75, 3.05) is 0 Å². The fraction of sp³-hybridized carbons (Fsp3) is 0. The Kier molecular flexibility index (Phi) is 4.33. The summed E-state index contributed by atoms with van der Waals surface area (Å²) in [6.07, 6.45) is 0. The normalized spacial score (nSPS) is 10.9. The Morgan fingerprint density at radius 1 is 0.857 bits per heavy atom. The van der Waals surface area contributed by atoms with E-state index < -0.39 is 11.9 Å². The van der Waals surface area contributed by atoms with E-state index in [1.807, 2.05) is 0 Å². The number of furan rings is 1. The van der Waals surface area contributed by atoms with Gasteiger partial charge < -0.3 is 14.6 Å². The zero-order valence-electron chi connectivity index (χ0n) is 14.2. The molecule has 0 radical (unpaired) electrons. The van der Waals surface area contributed by atoms with Crippen LogP contribution < -0.4 is 0 Å². The van der Waals surface area contributed by atoms with Gasteiger partial charge in [-0.2, -0.15) is 0 Å². The third kappa shape index (κ3) is 3.10. The standard InChI is InChI=1S/C21H12ClNO5/c22-11-5-6-16-14(9-11)15(21(26)27)10-17(23-16)19-8-7-18(28-19)12-3-1-2-4-13(12)20(24)25/h1-10H,(H,24,25)(H,26,27). The molecule has 0 fully saturated rings. The number of rotatable bonds is 4. The number of aromatic nitrogens is 1. The van der Waals surface area contributed by atoms with Crippen LogP contribution in [0.15, 0.2) is 65.1 Å². The minimum absolute atomic E-state index is 0.0476. The van der Waals surface area contributed by atoms with Crippen molar-refractivity contribution in [2.45, 2.75) is 0 Å². The molecule has 0 spiro atoms. The van der Waals surface area contributed by atoms with Crippen LogP contribution in [0.1, 0.15) is 20.7 Å². The van der Waals surface area contributed by atoms with Gasteiger partial charge in [0.05, 0.1) is 16.6 Å². The Morgan fingerprint density at radius 3 is 2.32 bits per heavy atom. The van der Waals surface area contributed by atoms with Crippen LogP contribution in [0.25, 0.3) is 33.7 Å². The molecule has 28 heavy (non-hydrogen) atoms. The van der Waals surface area contributed by atoms with Crippen molar-refractivity contribution in [3.05, 3.63) is 76.8 Å². The predicted molar refractivity (Wildman–Crippen MR) is 104 cm³/mol. The third-order valence-electron chi connectivity index (χ3n) is 4.28. The second kappa shape index (κ2) is 6.83. The van der Waals surface area contributed by atoms with Crippen molar-refractivity contribution in [1.82, 2.24) is 4.98 Å². The predicted octanol–water partition coefficient (Wildman–Crippen LogP) is 5.21. The summed E-state index contributed by atoms with van der Waals surface area (Å²) in [6, 6.07) is 16.0. The summed E-state index contributed by atoms with van der Waals surface area (Å²) in [5.41, 5.74) is 1.36. The Morgan fingerprint density at radius 2 is 1.57 bits per heavy atom. The van der Waals surface area contributed by atoms with E-state index in [-0.39, 0.29) is 11.1 Å². The van der Waals surface area contributed by atoms with Crippen LogP contribution in [0.2, 0.25) is 5.02 Å². The van der Waals surface area contributed by atoms with E-state index >= 15 is 0 Å². The zero-order chi connectivity index (χ0) is 19.8. The highest BCUT2D eigenvalue weighted by atomic mass is 35.5. The van der Waals surface area contributed by atoms with Crippen LogP contribution in [0, 0.1) is 0 Å². The number of carboxylic acids is 2. The first kappa shape index (κ1) is 17.8. The lowest BCUT2D eigenvalue weighted by atomic mass is 10.1. The summed E-state index contributed by atoms with van der Waals surface area (Å²) in [5, 5.41) is 19.8. The first-order valence-corrected chi connectivity index (χ1v) is 8.58. The van der Waals surface area contributed by atoms with Gasteiger partial charge in [0, 0.05) is 16.0 Å². The SMILES string of the molecule is O=C(O)c1ccccc1-c1ccc(-c2cc(C(=O)O)c3cc(Cl)ccc3n2)o1. The van der Waals surface area contributed by atoms with Gasteiger partial charge in [-0.15, -0.1) is 0 Å². The maximum Gasteiger partial charge on any atom is 0.336 e. The van der Waals surface area contributed by atoms with Gasteiger partial charge in [0.15, 0.2) is 5.76 Å². The molecule has 138 valence electrons. The van der Waals surface area contributed by atoms with Crippen LogP contribution in [0.4, 0.5) is 0 Å². The van der Waals surface area contributed by atoms with Gasteiger partial charge in [-0.25, -0.2) is 14.6 Å². The summed E-state index contributed by atoms with van der Waals surface area (Å²) in [4.78, 5) is 27.6. The summed E-state index contributed by atoms with van der Waals surface area (Å²) < 4.78 is 5.81. The van der Waals surface area contributed by atoms with E-state index in [2.05, 4.69) is 4.98 Å². The Labute approximate surface area is 163 Å². The number of pyridine rings is 1. The minimum Gasteiger partial charge on any atom is -0.478 e. The lowest BCUT2D eigenvalue weighted by Crippen LogP contribution is -2.00. The molecule has 0 aliphatic heterocycles. The van der Waals surface area contributed by atoms with Crippen molar-refractivity contribution in [3.63, 3.8) is 0 Å². The van der Waals surface area contributed by atoms with Gasteiger partial charge >= 0.3 is 11.9 Å². The largest absolute Gasteiger partial charge is 0.478 e. The monoisotopic (exact) mass is 393 g/mol. The third-order valence-corrected chi connectivity index (χ3v) is 4.52. The molecule has 0 aliphatic carbocycles.